The van der Waals surface area contributed by atoms with Gasteiger partial charge in [-0.15, -0.1) is 0 Å². The Hall–Kier alpha value is -3.64. The highest BCUT2D eigenvalue weighted by molar-refractivity contribution is 5.92. The molecule has 5 nitrogen and oxygen atoms in total. The molecule has 2 heterocycles. The Kier molecular flexibility index (Phi) is 7.62. The molecule has 3 aromatic carbocycles. The summed E-state index contributed by atoms with van der Waals surface area (Å²) in [7, 11) is 0. The Morgan fingerprint density at radius 3 is 2.44 bits per heavy atom. The van der Waals surface area contributed by atoms with Crippen LogP contribution >= 0.6 is 0 Å². The third-order valence-electron chi connectivity index (χ3n) is 6.69. The first-order valence-electron chi connectivity index (χ1n) is 12.7. The highest BCUT2D eigenvalue weighted by Crippen LogP contribution is 2.37. The van der Waals surface area contributed by atoms with Gasteiger partial charge in [0.25, 0.3) is 0 Å². The molecule has 0 amide bonds. The minimum absolute atomic E-state index is 0.377. The molecule has 3 aromatic rings. The molecule has 1 atom stereocenters. The maximum Gasteiger partial charge on any atom is 0.150 e. The molecule has 0 aliphatic carbocycles. The molecule has 0 bridgehead atoms. The maximum atomic E-state index is 14.1. The molecular formula is C30H31FN2O3. The number of ether oxygens (including phenoxy) is 2. The van der Waals surface area contributed by atoms with E-state index in [2.05, 4.69) is 10.2 Å². The fraction of sp³-hybridized carbons (Fsp3) is 0.300. The zero-order chi connectivity index (χ0) is 24.7. The normalized spacial score (nSPS) is 17.8. The fourth-order valence-corrected chi connectivity index (χ4v) is 4.86. The van der Waals surface area contributed by atoms with Crippen molar-refractivity contribution >= 4 is 17.7 Å². The minimum atomic E-state index is -0.661. The lowest BCUT2D eigenvalue weighted by atomic mass is 9.92. The first-order chi connectivity index (χ1) is 17.7. The summed E-state index contributed by atoms with van der Waals surface area (Å²) >= 11 is 0. The average molecular weight is 487 g/mol. The van der Waals surface area contributed by atoms with Gasteiger partial charge in [-0.2, -0.15) is 0 Å². The van der Waals surface area contributed by atoms with E-state index in [9.17, 15) is 9.18 Å². The van der Waals surface area contributed by atoms with Crippen LogP contribution in [0.15, 0.2) is 72.8 Å². The van der Waals surface area contributed by atoms with Crippen LogP contribution in [0.25, 0.3) is 11.5 Å². The van der Waals surface area contributed by atoms with Gasteiger partial charge < -0.3 is 24.5 Å². The van der Waals surface area contributed by atoms with E-state index in [4.69, 9.17) is 9.47 Å². The maximum absolute atomic E-state index is 14.1. The van der Waals surface area contributed by atoms with Crippen molar-refractivity contribution in [1.29, 1.82) is 0 Å². The molecule has 1 N–H and O–H groups in total. The second-order valence-corrected chi connectivity index (χ2v) is 9.24. The van der Waals surface area contributed by atoms with Crippen molar-refractivity contribution in [2.45, 2.75) is 31.7 Å². The Morgan fingerprint density at radius 1 is 0.944 bits per heavy atom. The van der Waals surface area contributed by atoms with Gasteiger partial charge >= 0.3 is 0 Å². The Bertz CT molecular complexity index is 1200. The second-order valence-electron chi connectivity index (χ2n) is 9.24. The van der Waals surface area contributed by atoms with E-state index in [1.165, 1.54) is 31.4 Å². The van der Waals surface area contributed by atoms with Crippen LogP contribution < -0.4 is 10.1 Å². The van der Waals surface area contributed by atoms with Crippen molar-refractivity contribution in [1.82, 2.24) is 10.2 Å². The highest BCUT2D eigenvalue weighted by atomic mass is 19.1. The van der Waals surface area contributed by atoms with Gasteiger partial charge in [-0.3, -0.25) is 0 Å². The Labute approximate surface area is 211 Å². The van der Waals surface area contributed by atoms with Crippen LogP contribution in [-0.4, -0.2) is 37.4 Å². The summed E-state index contributed by atoms with van der Waals surface area (Å²) in [6.07, 6.45) is 5.54. The fourth-order valence-electron chi connectivity index (χ4n) is 4.86. The standard InChI is InChI=1S/C30H31FN2O3/c31-23-12-15-26-27(20-23)28(21-34)32-29(30(26)35-19-7-18-33-16-5-2-6-17-33)22-10-13-25(14-11-22)36-24-8-3-1-4-9-24/h1,3-4,8-15,20-21,28,32H,2,5-7,16-19H2. The minimum Gasteiger partial charge on any atom is -0.491 e. The van der Waals surface area contributed by atoms with Gasteiger partial charge in [0.15, 0.2) is 5.76 Å². The van der Waals surface area contributed by atoms with Gasteiger partial charge in [0.05, 0.1) is 12.3 Å². The first kappa shape index (κ1) is 24.1. The van der Waals surface area contributed by atoms with Crippen molar-refractivity contribution in [3.63, 3.8) is 0 Å². The van der Waals surface area contributed by atoms with Gasteiger partial charge in [-0.25, -0.2) is 4.39 Å². The molecule has 36 heavy (non-hydrogen) atoms. The van der Waals surface area contributed by atoms with Crippen LogP contribution in [0.5, 0.6) is 11.5 Å². The zero-order valence-corrected chi connectivity index (χ0v) is 20.3. The summed E-state index contributed by atoms with van der Waals surface area (Å²) in [4.78, 5) is 14.4. The Morgan fingerprint density at radius 2 is 1.69 bits per heavy atom. The van der Waals surface area contributed by atoms with E-state index in [1.54, 1.807) is 6.07 Å². The van der Waals surface area contributed by atoms with Gasteiger partial charge in [0.1, 0.15) is 29.6 Å². The van der Waals surface area contributed by atoms with E-state index < -0.39 is 6.04 Å². The van der Waals surface area contributed by atoms with Crippen molar-refractivity contribution < 1.29 is 18.7 Å². The number of nitrogens with zero attached hydrogens (tertiary/aromatic N) is 1. The number of nitrogens with one attached hydrogen (secondary N) is 1. The molecular weight excluding hydrogens is 455 g/mol. The lowest BCUT2D eigenvalue weighted by Gasteiger charge is -2.30. The number of aldehydes is 1. The van der Waals surface area contributed by atoms with Crippen molar-refractivity contribution in [2.24, 2.45) is 0 Å². The molecule has 0 radical (unpaired) electrons. The molecule has 186 valence electrons. The van der Waals surface area contributed by atoms with Crippen LogP contribution in [0, 0.1) is 5.82 Å². The Balaban J connectivity index is 1.40. The van der Waals surface area contributed by atoms with Crippen LogP contribution in [0.3, 0.4) is 0 Å². The number of benzene rings is 3. The number of hydrogen-bond acceptors (Lipinski definition) is 5. The van der Waals surface area contributed by atoms with Gasteiger partial charge in [-0.1, -0.05) is 24.6 Å². The molecule has 2 aliphatic rings. The van der Waals surface area contributed by atoms with Crippen LogP contribution in [-0.2, 0) is 9.53 Å². The number of para-hydroxylation sites is 1. The monoisotopic (exact) mass is 486 g/mol. The largest absolute Gasteiger partial charge is 0.491 e. The lowest BCUT2D eigenvalue weighted by Crippen LogP contribution is -2.31. The molecule has 0 saturated carbocycles. The van der Waals surface area contributed by atoms with Crippen LogP contribution in [0.2, 0.25) is 0 Å². The van der Waals surface area contributed by atoms with Crippen molar-refractivity contribution in [2.75, 3.05) is 26.2 Å². The van der Waals surface area contributed by atoms with E-state index in [1.807, 2.05) is 54.6 Å². The van der Waals surface area contributed by atoms with Gasteiger partial charge in [0.2, 0.25) is 0 Å². The van der Waals surface area contributed by atoms with E-state index in [-0.39, 0.29) is 5.82 Å². The summed E-state index contributed by atoms with van der Waals surface area (Å²) in [5.41, 5.74) is 2.91. The third-order valence-corrected chi connectivity index (χ3v) is 6.69. The molecule has 1 saturated heterocycles. The predicted molar refractivity (Wildman–Crippen MR) is 139 cm³/mol. The third kappa shape index (κ3) is 5.60. The van der Waals surface area contributed by atoms with Gasteiger partial charge in [0, 0.05) is 17.7 Å². The number of hydrogen-bond donors (Lipinski definition) is 1. The second kappa shape index (κ2) is 11.4. The quantitative estimate of drug-likeness (QED) is 0.289. The number of halogens is 1. The smallest absolute Gasteiger partial charge is 0.150 e. The van der Waals surface area contributed by atoms with E-state index in [0.717, 1.165) is 54.9 Å². The van der Waals surface area contributed by atoms with E-state index >= 15 is 0 Å². The van der Waals surface area contributed by atoms with Gasteiger partial charge in [-0.05, 0) is 92.5 Å². The van der Waals surface area contributed by atoms with Crippen molar-refractivity contribution in [3.05, 3.63) is 95.3 Å². The zero-order valence-electron chi connectivity index (χ0n) is 20.3. The molecule has 6 heteroatoms. The molecule has 1 fully saturated rings. The van der Waals surface area contributed by atoms with Crippen molar-refractivity contribution in [3.8, 4) is 11.5 Å². The highest BCUT2D eigenvalue weighted by Gasteiger charge is 2.28. The number of likely N-dealkylation sites (tertiary alicyclic amines) is 1. The average Bonchev–Trinajstić information content (AvgIpc) is 2.92. The number of piperidine rings is 1. The molecule has 5 rings (SSSR count). The predicted octanol–water partition coefficient (Wildman–Crippen LogP) is 6.18. The molecule has 1 unspecified atom stereocenters. The number of carbonyl (C=O) groups is 1. The summed E-state index contributed by atoms with van der Waals surface area (Å²) in [6.45, 7) is 3.83. The molecule has 0 spiro atoms. The number of carbonyl (C=O) groups excluding carboxylic acids is 1. The molecule has 0 aromatic heterocycles. The summed E-state index contributed by atoms with van der Waals surface area (Å²) in [5, 5.41) is 3.28. The lowest BCUT2D eigenvalue weighted by molar-refractivity contribution is -0.109. The number of fused-ring (bicyclic) bond motifs is 1. The summed E-state index contributed by atoms with van der Waals surface area (Å²) < 4.78 is 26.3. The summed E-state index contributed by atoms with van der Waals surface area (Å²) in [5.74, 6) is 1.73. The summed E-state index contributed by atoms with van der Waals surface area (Å²) in [6, 6.07) is 21.1. The number of rotatable bonds is 9. The molecule has 2 aliphatic heterocycles. The topological polar surface area (TPSA) is 50.8 Å². The van der Waals surface area contributed by atoms with Crippen LogP contribution in [0.1, 0.15) is 48.4 Å². The van der Waals surface area contributed by atoms with Crippen LogP contribution in [0.4, 0.5) is 4.39 Å². The van der Waals surface area contributed by atoms with E-state index in [0.29, 0.717) is 23.7 Å². The first-order valence-corrected chi connectivity index (χ1v) is 12.7. The SMILES string of the molecule is O=CC1NC(c2ccc(Oc3ccccc3)cc2)=C(OCCCN2CCCCC2)c2ccc(F)cc21.